The third-order valence-electron chi connectivity index (χ3n) is 5.13. The Hall–Kier alpha value is -0.810. The topological polar surface area (TPSA) is 55.8 Å². The summed E-state index contributed by atoms with van der Waals surface area (Å²) in [5.41, 5.74) is 0. The number of hydrogen-bond acceptors (Lipinski definition) is 3. The summed E-state index contributed by atoms with van der Waals surface area (Å²) < 4.78 is 0. The predicted molar refractivity (Wildman–Crippen MR) is 88.8 cm³/mol. The lowest BCUT2D eigenvalue weighted by Crippen LogP contribution is -2.47. The average molecular weight is 311 g/mol. The fourth-order valence-electron chi connectivity index (χ4n) is 3.61. The monoisotopic (exact) mass is 311 g/mol. The van der Waals surface area contributed by atoms with Crippen molar-refractivity contribution in [3.05, 3.63) is 0 Å². The minimum absolute atomic E-state index is 0.0644. The molecule has 0 spiro atoms. The van der Waals surface area contributed by atoms with Crippen molar-refractivity contribution in [2.45, 2.75) is 52.1 Å². The van der Waals surface area contributed by atoms with Crippen LogP contribution >= 0.6 is 0 Å². The Morgan fingerprint density at radius 1 is 1.14 bits per heavy atom. The number of likely N-dealkylation sites (tertiary alicyclic amines) is 2. The van der Waals surface area contributed by atoms with E-state index in [1.165, 1.54) is 32.4 Å². The van der Waals surface area contributed by atoms with E-state index in [1.807, 2.05) is 11.8 Å². The lowest BCUT2D eigenvalue weighted by atomic mass is 9.92. The van der Waals surface area contributed by atoms with E-state index in [1.54, 1.807) is 0 Å². The van der Waals surface area contributed by atoms with Gasteiger partial charge in [-0.05, 0) is 57.5 Å². The maximum atomic E-state index is 12.2. The minimum Gasteiger partial charge on any atom is -0.393 e. The highest BCUT2D eigenvalue weighted by atomic mass is 16.3. The Kier molecular flexibility index (Phi) is 6.96. The van der Waals surface area contributed by atoms with Gasteiger partial charge in [-0.15, -0.1) is 0 Å². The van der Waals surface area contributed by atoms with Crippen LogP contribution < -0.4 is 5.32 Å². The molecule has 2 rings (SSSR count). The van der Waals surface area contributed by atoms with Crippen LogP contribution in [0.3, 0.4) is 0 Å². The van der Waals surface area contributed by atoms with Crippen LogP contribution in [0.5, 0.6) is 0 Å². The van der Waals surface area contributed by atoms with E-state index in [4.69, 9.17) is 0 Å². The molecule has 2 atom stereocenters. The number of nitrogens with zero attached hydrogens (tertiary/aromatic N) is 2. The highest BCUT2D eigenvalue weighted by Crippen LogP contribution is 2.20. The van der Waals surface area contributed by atoms with Gasteiger partial charge in [-0.3, -0.25) is 0 Å². The largest absolute Gasteiger partial charge is 0.393 e. The zero-order valence-corrected chi connectivity index (χ0v) is 14.3. The van der Waals surface area contributed by atoms with Crippen molar-refractivity contribution in [3.8, 4) is 0 Å². The van der Waals surface area contributed by atoms with Crippen molar-refractivity contribution >= 4 is 6.03 Å². The molecule has 2 saturated heterocycles. The molecule has 0 radical (unpaired) electrons. The van der Waals surface area contributed by atoms with Gasteiger partial charge in [-0.25, -0.2) is 4.79 Å². The smallest absolute Gasteiger partial charge is 0.317 e. The SMILES string of the molecule is CC(CNC(=O)N1CCC(C(C)O)CC1)CN1CCCCC1. The summed E-state index contributed by atoms with van der Waals surface area (Å²) in [5, 5.41) is 12.7. The standard InChI is InChI=1S/C17H33N3O2/c1-14(13-19-8-4-3-5-9-19)12-18-17(22)20-10-6-16(7-11-20)15(2)21/h14-16,21H,3-13H2,1-2H3,(H,18,22). The zero-order valence-electron chi connectivity index (χ0n) is 14.3. The van der Waals surface area contributed by atoms with Gasteiger partial charge in [0.2, 0.25) is 0 Å². The van der Waals surface area contributed by atoms with Crippen LogP contribution in [0, 0.1) is 11.8 Å². The number of amides is 2. The van der Waals surface area contributed by atoms with Crippen molar-refractivity contribution in [2.75, 3.05) is 39.3 Å². The maximum absolute atomic E-state index is 12.2. The summed E-state index contributed by atoms with van der Waals surface area (Å²) in [4.78, 5) is 16.6. The summed E-state index contributed by atoms with van der Waals surface area (Å²) in [6, 6.07) is 0.0644. The molecule has 2 amide bonds. The molecule has 2 heterocycles. The Balaban J connectivity index is 1.62. The highest BCUT2D eigenvalue weighted by Gasteiger charge is 2.25. The van der Waals surface area contributed by atoms with E-state index < -0.39 is 0 Å². The van der Waals surface area contributed by atoms with Crippen molar-refractivity contribution in [1.29, 1.82) is 0 Å². The lowest BCUT2D eigenvalue weighted by molar-refractivity contribution is 0.0795. The summed E-state index contributed by atoms with van der Waals surface area (Å²) in [5.74, 6) is 0.846. The van der Waals surface area contributed by atoms with Crippen molar-refractivity contribution in [1.82, 2.24) is 15.1 Å². The number of carbonyl (C=O) groups is 1. The molecule has 5 heteroatoms. The Morgan fingerprint density at radius 3 is 2.36 bits per heavy atom. The van der Waals surface area contributed by atoms with Gasteiger partial charge in [0.05, 0.1) is 6.10 Å². The van der Waals surface area contributed by atoms with Crippen LogP contribution in [-0.2, 0) is 0 Å². The lowest BCUT2D eigenvalue weighted by Gasteiger charge is -2.34. The minimum atomic E-state index is -0.255. The third kappa shape index (κ3) is 5.43. The van der Waals surface area contributed by atoms with Crippen LogP contribution in [-0.4, -0.2) is 66.3 Å². The molecular formula is C17H33N3O2. The first-order chi connectivity index (χ1) is 10.6. The van der Waals surface area contributed by atoms with E-state index in [9.17, 15) is 9.90 Å². The average Bonchev–Trinajstić information content (AvgIpc) is 2.53. The number of hydrogen-bond donors (Lipinski definition) is 2. The molecule has 2 N–H and O–H groups in total. The zero-order chi connectivity index (χ0) is 15.9. The molecule has 2 aliphatic rings. The first-order valence-electron chi connectivity index (χ1n) is 8.99. The molecule has 128 valence electrons. The maximum Gasteiger partial charge on any atom is 0.317 e. The van der Waals surface area contributed by atoms with Gasteiger partial charge in [0.15, 0.2) is 0 Å². The summed E-state index contributed by atoms with van der Waals surface area (Å²) in [6.45, 7) is 9.87. The first kappa shape index (κ1) is 17.5. The van der Waals surface area contributed by atoms with Gasteiger partial charge in [-0.1, -0.05) is 13.3 Å². The van der Waals surface area contributed by atoms with Crippen LogP contribution in [0.15, 0.2) is 0 Å². The number of carbonyl (C=O) groups excluding carboxylic acids is 1. The number of aliphatic hydroxyl groups is 1. The van der Waals surface area contributed by atoms with Crippen molar-refractivity contribution in [3.63, 3.8) is 0 Å². The van der Waals surface area contributed by atoms with E-state index in [2.05, 4.69) is 17.1 Å². The van der Waals surface area contributed by atoms with Crippen molar-refractivity contribution < 1.29 is 9.90 Å². The number of aliphatic hydroxyl groups excluding tert-OH is 1. The van der Waals surface area contributed by atoms with Crippen LogP contribution in [0.1, 0.15) is 46.0 Å². The van der Waals surface area contributed by atoms with Gasteiger partial charge in [-0.2, -0.15) is 0 Å². The van der Waals surface area contributed by atoms with E-state index in [0.29, 0.717) is 11.8 Å². The van der Waals surface area contributed by atoms with Gasteiger partial charge in [0, 0.05) is 26.2 Å². The van der Waals surface area contributed by atoms with Crippen LogP contribution in [0.4, 0.5) is 4.79 Å². The number of urea groups is 1. The summed E-state index contributed by atoms with van der Waals surface area (Å²) in [6.07, 6.45) is 5.57. The fourth-order valence-corrected chi connectivity index (χ4v) is 3.61. The Morgan fingerprint density at radius 2 is 1.77 bits per heavy atom. The third-order valence-corrected chi connectivity index (χ3v) is 5.13. The molecule has 0 saturated carbocycles. The van der Waals surface area contributed by atoms with Gasteiger partial charge in [0.25, 0.3) is 0 Å². The molecule has 5 nitrogen and oxygen atoms in total. The summed E-state index contributed by atoms with van der Waals surface area (Å²) in [7, 11) is 0. The second kappa shape index (κ2) is 8.73. The molecule has 0 bridgehead atoms. The molecular weight excluding hydrogens is 278 g/mol. The fraction of sp³-hybridized carbons (Fsp3) is 0.941. The number of rotatable bonds is 5. The van der Waals surface area contributed by atoms with Gasteiger partial charge < -0.3 is 20.2 Å². The number of nitrogens with one attached hydrogen (secondary N) is 1. The van der Waals surface area contributed by atoms with E-state index in [0.717, 1.165) is 39.0 Å². The summed E-state index contributed by atoms with van der Waals surface area (Å²) >= 11 is 0. The van der Waals surface area contributed by atoms with Gasteiger partial charge >= 0.3 is 6.03 Å². The molecule has 2 aliphatic heterocycles. The van der Waals surface area contributed by atoms with Crippen LogP contribution in [0.2, 0.25) is 0 Å². The Bertz CT molecular complexity index is 335. The van der Waals surface area contributed by atoms with Crippen LogP contribution in [0.25, 0.3) is 0 Å². The molecule has 2 unspecified atom stereocenters. The molecule has 0 aromatic carbocycles. The first-order valence-corrected chi connectivity index (χ1v) is 8.99. The molecule has 0 aromatic rings. The Labute approximate surface area is 135 Å². The highest BCUT2D eigenvalue weighted by molar-refractivity contribution is 5.74. The normalized spacial score (nSPS) is 24.0. The molecule has 0 aliphatic carbocycles. The van der Waals surface area contributed by atoms with Crippen molar-refractivity contribution in [2.24, 2.45) is 11.8 Å². The molecule has 2 fully saturated rings. The second-order valence-electron chi connectivity index (χ2n) is 7.22. The quantitative estimate of drug-likeness (QED) is 0.815. The van der Waals surface area contributed by atoms with E-state index in [-0.39, 0.29) is 12.1 Å². The molecule has 22 heavy (non-hydrogen) atoms. The molecule has 0 aromatic heterocycles. The second-order valence-corrected chi connectivity index (χ2v) is 7.22. The van der Waals surface area contributed by atoms with Gasteiger partial charge in [0.1, 0.15) is 0 Å². The predicted octanol–water partition coefficient (Wildman–Crippen LogP) is 1.91. The number of piperidine rings is 2. The van der Waals surface area contributed by atoms with E-state index >= 15 is 0 Å².